The summed E-state index contributed by atoms with van der Waals surface area (Å²) in [5.74, 6) is -4.56. The van der Waals surface area contributed by atoms with Crippen LogP contribution in [0, 0.1) is 22.7 Å². The number of carbonyl (C=O) groups is 4. The molecule has 0 saturated carbocycles. The number of nitriles is 2. The summed E-state index contributed by atoms with van der Waals surface area (Å²) >= 11 is 0. The van der Waals surface area contributed by atoms with E-state index in [0.29, 0.717) is 11.1 Å². The number of nitrogens with zero attached hydrogens (tertiary/aromatic N) is 4. The summed E-state index contributed by atoms with van der Waals surface area (Å²) in [4.78, 5) is 45.1. The number of allylic oxidation sites excluding steroid dienone is 4. The molecule has 0 aliphatic rings. The average molecular weight is 679 g/mol. The van der Waals surface area contributed by atoms with Crippen LogP contribution in [0.2, 0.25) is 0 Å². The summed E-state index contributed by atoms with van der Waals surface area (Å²) in [5, 5.41) is 54.1. The number of carboxylic acids is 4. The number of carbonyl (C=O) groups excluding carboxylic acids is 4. The van der Waals surface area contributed by atoms with Crippen LogP contribution in [0.1, 0.15) is 38.8 Å². The van der Waals surface area contributed by atoms with E-state index < -0.39 is 23.9 Å². The van der Waals surface area contributed by atoms with Gasteiger partial charge in [0.2, 0.25) is 0 Å². The van der Waals surface area contributed by atoms with E-state index in [4.69, 9.17) is 10.5 Å². The van der Waals surface area contributed by atoms with Crippen molar-refractivity contribution >= 4 is 23.9 Å². The number of rotatable bonds is 4. The first kappa shape index (κ1) is 50.2. The zero-order valence-electron chi connectivity index (χ0n) is 23.7. The Morgan fingerprint density at radius 3 is 0.810 bits per heavy atom. The van der Waals surface area contributed by atoms with Gasteiger partial charge in [-0.15, -0.1) is 0 Å². The van der Waals surface area contributed by atoms with Crippen LogP contribution in [-0.2, 0) is 58.1 Å². The molecule has 0 fully saturated rings. The van der Waals surface area contributed by atoms with Crippen LogP contribution < -0.4 is 20.4 Å². The minimum Gasteiger partial charge on any atom is -0.545 e. The second-order valence-corrected chi connectivity index (χ2v) is 5.97. The summed E-state index contributed by atoms with van der Waals surface area (Å²) in [6.45, 7) is 6.48. The van der Waals surface area contributed by atoms with Crippen LogP contribution in [0.25, 0.3) is 0 Å². The van der Waals surface area contributed by atoms with Gasteiger partial charge in [0.05, 0.1) is 47.1 Å². The number of hydrogen-bond acceptors (Lipinski definition) is 12. The van der Waals surface area contributed by atoms with Crippen molar-refractivity contribution in [1.29, 1.82) is 10.5 Å². The van der Waals surface area contributed by atoms with Crippen molar-refractivity contribution in [3.05, 3.63) is 109 Å². The van der Waals surface area contributed by atoms with Crippen molar-refractivity contribution in [2.75, 3.05) is 0 Å². The van der Waals surface area contributed by atoms with E-state index in [1.54, 1.807) is 76.7 Å². The molecule has 12 nitrogen and oxygen atoms in total. The van der Waals surface area contributed by atoms with E-state index in [1.165, 1.54) is 24.3 Å². The molecule has 0 bridgehead atoms. The van der Waals surface area contributed by atoms with Gasteiger partial charge < -0.3 is 39.6 Å². The molecular weight excluding hydrogens is 651 g/mol. The molecule has 0 radical (unpaired) electrons. The number of pyridine rings is 2. The van der Waals surface area contributed by atoms with Gasteiger partial charge in [0.1, 0.15) is 0 Å². The van der Waals surface area contributed by atoms with Crippen LogP contribution in [0.3, 0.4) is 0 Å². The van der Waals surface area contributed by atoms with Gasteiger partial charge in [-0.1, -0.05) is 24.3 Å². The molecule has 0 aliphatic heterocycles. The Morgan fingerprint density at radius 1 is 0.548 bits per heavy atom. The molecule has 0 atom stereocenters. The first-order chi connectivity index (χ1) is 18.9. The normalized spacial score (nSPS) is 8.43. The van der Waals surface area contributed by atoms with Crippen molar-refractivity contribution in [1.82, 2.24) is 9.97 Å². The third-order valence-electron chi connectivity index (χ3n) is 2.83. The average Bonchev–Trinajstić information content (AvgIpc) is 2.91. The van der Waals surface area contributed by atoms with Gasteiger partial charge in [-0.05, 0) is 76.3 Å². The maximum atomic E-state index is 9.40. The van der Waals surface area contributed by atoms with Gasteiger partial charge in [0, 0.05) is 24.8 Å². The molecule has 0 spiro atoms. The Kier molecular flexibility index (Phi) is 48.9. The van der Waals surface area contributed by atoms with Gasteiger partial charge >= 0.3 is 39.0 Å². The molecule has 0 N–H and O–H groups in total. The van der Waals surface area contributed by atoms with Crippen LogP contribution in [0.4, 0.5) is 0 Å². The summed E-state index contributed by atoms with van der Waals surface area (Å²) in [6, 6.07) is 10.6. The minimum atomic E-state index is -1.14. The zero-order valence-corrected chi connectivity index (χ0v) is 29.6. The number of aromatic nitrogens is 2. The maximum Gasteiger partial charge on any atom is 2.00 e. The standard InChI is InChI=1S/2C6H4N2.4C4H6O2.2Zn/c2*7-5-6-1-3-8-4-2-6;4*1-2-3-4(5)6;;/h2*1-4H;4*2-3H,1H3,(H,5,6);;/q;;;;;;2*+2/p-4/b;;4*3-2+;;. The summed E-state index contributed by atoms with van der Waals surface area (Å²) in [6.07, 6.45) is 15.9. The molecule has 2 aromatic rings. The van der Waals surface area contributed by atoms with Gasteiger partial charge in [-0.25, -0.2) is 0 Å². The third kappa shape index (κ3) is 55.8. The molecule has 2 aromatic heterocycles. The Morgan fingerprint density at radius 2 is 0.738 bits per heavy atom. The van der Waals surface area contributed by atoms with E-state index >= 15 is 0 Å². The van der Waals surface area contributed by atoms with Gasteiger partial charge in [-0.2, -0.15) is 10.5 Å². The molecule has 2 rings (SSSR count). The van der Waals surface area contributed by atoms with E-state index in [0.717, 1.165) is 24.3 Å². The first-order valence-electron chi connectivity index (χ1n) is 10.9. The fraction of sp³-hybridized carbons (Fsp3) is 0.143. The Labute approximate surface area is 270 Å². The zero-order chi connectivity index (χ0) is 31.6. The van der Waals surface area contributed by atoms with Gasteiger partial charge in [0.25, 0.3) is 0 Å². The summed E-state index contributed by atoms with van der Waals surface area (Å²) < 4.78 is 0. The predicted molar refractivity (Wildman–Crippen MR) is 137 cm³/mol. The van der Waals surface area contributed by atoms with E-state index in [9.17, 15) is 39.6 Å². The molecule has 0 saturated heterocycles. The van der Waals surface area contributed by atoms with Gasteiger partial charge in [-0.3, -0.25) is 9.97 Å². The molecule has 0 aromatic carbocycles. The topological polar surface area (TPSA) is 234 Å². The van der Waals surface area contributed by atoms with Crippen LogP contribution >= 0.6 is 0 Å². The third-order valence-corrected chi connectivity index (χ3v) is 2.83. The monoisotopic (exact) mass is 676 g/mol. The minimum absolute atomic E-state index is 0. The largest absolute Gasteiger partial charge is 2.00 e. The van der Waals surface area contributed by atoms with Crippen molar-refractivity contribution in [3.63, 3.8) is 0 Å². The van der Waals surface area contributed by atoms with Gasteiger partial charge in [0.15, 0.2) is 0 Å². The van der Waals surface area contributed by atoms with Crippen molar-refractivity contribution < 1.29 is 78.6 Å². The molecule has 0 aliphatic carbocycles. The maximum absolute atomic E-state index is 9.40. The van der Waals surface area contributed by atoms with Crippen LogP contribution in [-0.4, -0.2) is 33.8 Å². The molecule has 42 heavy (non-hydrogen) atoms. The fourth-order valence-electron chi connectivity index (χ4n) is 1.40. The molecule has 0 unspecified atom stereocenters. The molecule has 0 amide bonds. The molecular formula is C28H28N4O8Zn2. The first-order valence-corrected chi connectivity index (χ1v) is 10.9. The Hall–Kier alpha value is -4.63. The van der Waals surface area contributed by atoms with E-state index in [-0.39, 0.29) is 39.0 Å². The summed E-state index contributed by atoms with van der Waals surface area (Å²) in [7, 11) is 0. The van der Waals surface area contributed by atoms with Crippen LogP contribution in [0.5, 0.6) is 0 Å². The second-order valence-electron chi connectivity index (χ2n) is 5.97. The molecule has 2 heterocycles. The molecule has 212 valence electrons. The van der Waals surface area contributed by atoms with E-state index in [2.05, 4.69) is 9.97 Å². The van der Waals surface area contributed by atoms with Crippen LogP contribution in [0.15, 0.2) is 97.7 Å². The second kappa shape index (κ2) is 40.9. The van der Waals surface area contributed by atoms with Crippen molar-refractivity contribution in [2.24, 2.45) is 0 Å². The Bertz CT molecular complexity index is 1040. The smallest absolute Gasteiger partial charge is 0.545 e. The SMILES string of the molecule is C/C=C/C(=O)[O-].C/C=C/C(=O)[O-].C/C=C/C(=O)[O-].C/C=C/C(=O)[O-].N#Cc1ccncc1.N#Cc1ccncc1.[Zn+2].[Zn+2]. The quantitative estimate of drug-likeness (QED) is 0.284. The summed E-state index contributed by atoms with van der Waals surface area (Å²) in [5.41, 5.74) is 1.31. The molecule has 14 heteroatoms. The predicted octanol–water partition coefficient (Wildman–Crippen LogP) is -0.849. The number of carboxylic acid groups (broad SMARTS) is 4. The number of hydrogen-bond donors (Lipinski definition) is 0. The van der Waals surface area contributed by atoms with E-state index in [1.807, 2.05) is 12.1 Å². The van der Waals surface area contributed by atoms with Crippen molar-refractivity contribution in [3.8, 4) is 12.1 Å². The van der Waals surface area contributed by atoms with Crippen molar-refractivity contribution in [2.45, 2.75) is 27.7 Å². The fourth-order valence-corrected chi connectivity index (χ4v) is 1.40. The Balaban J connectivity index is -0.0000000924. The number of aliphatic carboxylic acids is 4.